The van der Waals surface area contributed by atoms with Crippen LogP contribution >= 0.6 is 0 Å². The second-order valence-electron chi connectivity index (χ2n) is 3.41. The maximum absolute atomic E-state index is 11.4. The smallest absolute Gasteiger partial charge is 0.323 e. The Hall–Kier alpha value is -1.84. The first-order valence-electron chi connectivity index (χ1n) is 4.64. The number of nitrogens with zero attached hydrogens (tertiary/aromatic N) is 1. The number of hydrogen-bond donors (Lipinski definition) is 1. The molecule has 0 atom stereocenters. The van der Waals surface area contributed by atoms with Gasteiger partial charge in [-0.05, 0) is 5.56 Å². The lowest BCUT2D eigenvalue weighted by molar-refractivity contribution is -0.119. The fourth-order valence-corrected chi connectivity index (χ4v) is 1.06. The average Bonchev–Trinajstić information content (AvgIpc) is 2.18. The Morgan fingerprint density at radius 2 is 1.80 bits per heavy atom. The molecule has 0 aromatic heterocycles. The van der Waals surface area contributed by atoms with E-state index >= 15 is 0 Å². The molecule has 1 aromatic rings. The molecule has 4 heteroatoms. The van der Waals surface area contributed by atoms with E-state index in [9.17, 15) is 9.59 Å². The van der Waals surface area contributed by atoms with E-state index in [1.807, 2.05) is 30.3 Å². The Kier molecular flexibility index (Phi) is 3.85. The van der Waals surface area contributed by atoms with Gasteiger partial charge in [-0.3, -0.25) is 10.1 Å². The van der Waals surface area contributed by atoms with E-state index in [-0.39, 0.29) is 12.3 Å². The van der Waals surface area contributed by atoms with Crippen molar-refractivity contribution in [3.63, 3.8) is 0 Å². The molecule has 80 valence electrons. The Morgan fingerprint density at radius 1 is 1.20 bits per heavy atom. The highest BCUT2D eigenvalue weighted by Crippen LogP contribution is 1.99. The van der Waals surface area contributed by atoms with Crippen LogP contribution in [0.25, 0.3) is 0 Å². The lowest BCUT2D eigenvalue weighted by Gasteiger charge is -2.10. The van der Waals surface area contributed by atoms with Gasteiger partial charge in [0.1, 0.15) is 0 Å². The highest BCUT2D eigenvalue weighted by Gasteiger charge is 2.09. The van der Waals surface area contributed by atoms with Crippen LogP contribution in [0, 0.1) is 0 Å². The van der Waals surface area contributed by atoms with Crippen molar-refractivity contribution >= 4 is 11.9 Å². The zero-order chi connectivity index (χ0) is 11.3. The summed E-state index contributed by atoms with van der Waals surface area (Å²) in [6, 6.07) is 8.90. The lowest BCUT2D eigenvalue weighted by atomic mass is 10.1. The minimum absolute atomic E-state index is 0.223. The Balaban J connectivity index is 2.47. The largest absolute Gasteiger partial charge is 0.331 e. The second kappa shape index (κ2) is 5.14. The molecule has 0 heterocycles. The zero-order valence-electron chi connectivity index (χ0n) is 8.86. The van der Waals surface area contributed by atoms with Crippen LogP contribution in [-0.4, -0.2) is 30.9 Å². The standard InChI is InChI=1S/C11H14N2O2/c1-13(2)11(15)12-10(14)8-9-6-4-3-5-7-9/h3-7H,8H2,1-2H3,(H,12,14,15). The second-order valence-corrected chi connectivity index (χ2v) is 3.41. The summed E-state index contributed by atoms with van der Waals surface area (Å²) in [7, 11) is 3.18. The first-order chi connectivity index (χ1) is 7.09. The Morgan fingerprint density at radius 3 is 2.33 bits per heavy atom. The van der Waals surface area contributed by atoms with Crippen molar-refractivity contribution in [2.75, 3.05) is 14.1 Å². The molecule has 3 amide bonds. The normalized spacial score (nSPS) is 9.47. The van der Waals surface area contributed by atoms with Gasteiger partial charge in [-0.1, -0.05) is 30.3 Å². The van der Waals surface area contributed by atoms with E-state index in [1.165, 1.54) is 4.90 Å². The van der Waals surface area contributed by atoms with Gasteiger partial charge >= 0.3 is 6.03 Å². The van der Waals surface area contributed by atoms with Crippen LogP contribution in [0.5, 0.6) is 0 Å². The Labute approximate surface area is 88.9 Å². The van der Waals surface area contributed by atoms with E-state index in [4.69, 9.17) is 0 Å². The number of hydrogen-bond acceptors (Lipinski definition) is 2. The topological polar surface area (TPSA) is 49.4 Å². The van der Waals surface area contributed by atoms with Gasteiger partial charge < -0.3 is 4.90 Å². The monoisotopic (exact) mass is 206 g/mol. The molecule has 0 aliphatic carbocycles. The summed E-state index contributed by atoms with van der Waals surface area (Å²) in [5, 5.41) is 2.28. The molecule has 0 spiro atoms. The number of nitrogens with one attached hydrogen (secondary N) is 1. The van der Waals surface area contributed by atoms with Crippen molar-refractivity contribution < 1.29 is 9.59 Å². The highest BCUT2D eigenvalue weighted by molar-refractivity contribution is 5.95. The molecule has 0 fully saturated rings. The molecule has 0 unspecified atom stereocenters. The van der Waals surface area contributed by atoms with Crippen molar-refractivity contribution in [1.29, 1.82) is 0 Å². The van der Waals surface area contributed by atoms with Gasteiger partial charge in [0.2, 0.25) is 5.91 Å². The van der Waals surface area contributed by atoms with Crippen molar-refractivity contribution in [3.05, 3.63) is 35.9 Å². The number of carbonyl (C=O) groups is 2. The zero-order valence-corrected chi connectivity index (χ0v) is 8.86. The van der Waals surface area contributed by atoms with Crippen LogP contribution in [0.2, 0.25) is 0 Å². The third-order valence-electron chi connectivity index (χ3n) is 1.86. The number of imide groups is 1. The van der Waals surface area contributed by atoms with Gasteiger partial charge in [0, 0.05) is 14.1 Å². The third kappa shape index (κ3) is 3.81. The average molecular weight is 206 g/mol. The number of amides is 3. The molecular formula is C11H14N2O2. The number of carbonyl (C=O) groups excluding carboxylic acids is 2. The van der Waals surface area contributed by atoms with E-state index in [1.54, 1.807) is 14.1 Å². The molecule has 1 aromatic carbocycles. The van der Waals surface area contributed by atoms with Gasteiger partial charge in [-0.15, -0.1) is 0 Å². The predicted molar refractivity (Wildman–Crippen MR) is 57.4 cm³/mol. The first kappa shape index (κ1) is 11.2. The van der Waals surface area contributed by atoms with Gasteiger partial charge in [0.05, 0.1) is 6.42 Å². The van der Waals surface area contributed by atoms with E-state index in [2.05, 4.69) is 5.32 Å². The summed E-state index contributed by atoms with van der Waals surface area (Å²) >= 11 is 0. The highest BCUT2D eigenvalue weighted by atomic mass is 16.2. The van der Waals surface area contributed by atoms with Crippen molar-refractivity contribution in [2.24, 2.45) is 0 Å². The SMILES string of the molecule is CN(C)C(=O)NC(=O)Cc1ccccc1. The maximum atomic E-state index is 11.4. The number of urea groups is 1. The van der Waals surface area contributed by atoms with Crippen LogP contribution in [-0.2, 0) is 11.2 Å². The van der Waals surface area contributed by atoms with Gasteiger partial charge in [-0.25, -0.2) is 4.79 Å². The lowest BCUT2D eigenvalue weighted by Crippen LogP contribution is -2.39. The molecule has 0 saturated carbocycles. The summed E-state index contributed by atoms with van der Waals surface area (Å²) < 4.78 is 0. The minimum atomic E-state index is -0.393. The summed E-state index contributed by atoms with van der Waals surface area (Å²) in [5.41, 5.74) is 0.890. The molecule has 1 rings (SSSR count). The van der Waals surface area contributed by atoms with Crippen LogP contribution in [0.3, 0.4) is 0 Å². The molecule has 0 bridgehead atoms. The molecule has 15 heavy (non-hydrogen) atoms. The maximum Gasteiger partial charge on any atom is 0.323 e. The molecule has 0 aliphatic heterocycles. The molecule has 0 aliphatic rings. The quantitative estimate of drug-likeness (QED) is 0.785. The number of benzene rings is 1. The van der Waals surface area contributed by atoms with E-state index in [0.717, 1.165) is 5.56 Å². The predicted octanol–water partition coefficient (Wildman–Crippen LogP) is 1.03. The Bertz CT molecular complexity index is 347. The molecule has 1 N–H and O–H groups in total. The first-order valence-corrected chi connectivity index (χ1v) is 4.64. The molecule has 0 radical (unpaired) electrons. The minimum Gasteiger partial charge on any atom is -0.331 e. The fourth-order valence-electron chi connectivity index (χ4n) is 1.06. The summed E-state index contributed by atoms with van der Waals surface area (Å²) in [6.45, 7) is 0. The number of rotatable bonds is 2. The summed E-state index contributed by atoms with van der Waals surface area (Å²) in [6.07, 6.45) is 0.223. The molecule has 0 saturated heterocycles. The van der Waals surface area contributed by atoms with Crippen molar-refractivity contribution in [3.8, 4) is 0 Å². The van der Waals surface area contributed by atoms with Crippen LogP contribution in [0.4, 0.5) is 4.79 Å². The van der Waals surface area contributed by atoms with E-state index in [0.29, 0.717) is 0 Å². The fraction of sp³-hybridized carbons (Fsp3) is 0.273. The van der Waals surface area contributed by atoms with Crippen molar-refractivity contribution in [1.82, 2.24) is 10.2 Å². The van der Waals surface area contributed by atoms with Crippen LogP contribution < -0.4 is 5.32 Å². The van der Waals surface area contributed by atoms with Gasteiger partial charge in [-0.2, -0.15) is 0 Å². The summed E-state index contributed by atoms with van der Waals surface area (Å²) in [4.78, 5) is 23.8. The third-order valence-corrected chi connectivity index (χ3v) is 1.86. The van der Waals surface area contributed by atoms with Gasteiger partial charge in [0.25, 0.3) is 0 Å². The van der Waals surface area contributed by atoms with Crippen LogP contribution in [0.15, 0.2) is 30.3 Å². The van der Waals surface area contributed by atoms with Crippen LogP contribution in [0.1, 0.15) is 5.56 Å². The molecule has 4 nitrogen and oxygen atoms in total. The summed E-state index contributed by atoms with van der Waals surface area (Å²) in [5.74, 6) is -0.292. The van der Waals surface area contributed by atoms with Crippen molar-refractivity contribution in [2.45, 2.75) is 6.42 Å². The van der Waals surface area contributed by atoms with Gasteiger partial charge in [0.15, 0.2) is 0 Å². The molecular weight excluding hydrogens is 192 g/mol. The van der Waals surface area contributed by atoms with E-state index < -0.39 is 6.03 Å².